The standard InChI is InChI=1S/C43H51N3O5/c1-30(50-29-32-14-8-7-9-15-32)27-44-43(5,6)26-39(47)45-37-25-24-34-16-10-13-19-38(34)46(40(37)48)28-31-20-22-33(23-21-31)35-17-11-12-18-36(35)41(49)51-42(2,3)4/h7-23,30,37,44H,24-29H2,1-6H3,(H,45,47)/t30-,37-/m1/s1. The van der Waals surface area contributed by atoms with E-state index < -0.39 is 17.2 Å². The molecule has 4 aromatic carbocycles. The fourth-order valence-corrected chi connectivity index (χ4v) is 6.23. The maximum atomic E-state index is 14.2. The molecule has 5 rings (SSSR count). The summed E-state index contributed by atoms with van der Waals surface area (Å²) in [5.74, 6) is -0.687. The number of nitrogens with one attached hydrogen (secondary N) is 2. The van der Waals surface area contributed by atoms with Crippen LogP contribution in [0, 0.1) is 0 Å². The van der Waals surface area contributed by atoms with Crippen molar-refractivity contribution < 1.29 is 23.9 Å². The van der Waals surface area contributed by atoms with Gasteiger partial charge in [0.15, 0.2) is 0 Å². The van der Waals surface area contributed by atoms with E-state index in [2.05, 4.69) is 10.6 Å². The molecule has 0 saturated carbocycles. The lowest BCUT2D eigenvalue weighted by atomic mass is 9.98. The number of esters is 1. The zero-order valence-electron chi connectivity index (χ0n) is 30.7. The lowest BCUT2D eigenvalue weighted by Crippen LogP contribution is -2.51. The number of para-hydroxylation sites is 1. The van der Waals surface area contributed by atoms with Gasteiger partial charge in [-0.05, 0) is 94.3 Å². The van der Waals surface area contributed by atoms with Gasteiger partial charge < -0.3 is 25.0 Å². The molecule has 1 heterocycles. The highest BCUT2D eigenvalue weighted by atomic mass is 16.6. The zero-order chi connectivity index (χ0) is 36.6. The molecule has 0 saturated heterocycles. The first-order chi connectivity index (χ1) is 24.3. The number of ether oxygens (including phenoxy) is 2. The van der Waals surface area contributed by atoms with E-state index in [1.807, 2.05) is 139 Å². The molecule has 8 nitrogen and oxygen atoms in total. The Morgan fingerprint density at radius 3 is 2.24 bits per heavy atom. The van der Waals surface area contributed by atoms with Crippen molar-refractivity contribution in [2.45, 2.75) is 97.2 Å². The number of rotatable bonds is 13. The van der Waals surface area contributed by atoms with Crippen LogP contribution < -0.4 is 15.5 Å². The van der Waals surface area contributed by atoms with Crippen LogP contribution in [0.25, 0.3) is 11.1 Å². The fourth-order valence-electron chi connectivity index (χ4n) is 6.23. The lowest BCUT2D eigenvalue weighted by Gasteiger charge is -2.30. The number of hydrogen-bond acceptors (Lipinski definition) is 6. The van der Waals surface area contributed by atoms with Crippen LogP contribution in [-0.4, -0.2) is 47.6 Å². The molecule has 0 fully saturated rings. The maximum absolute atomic E-state index is 14.2. The summed E-state index contributed by atoms with van der Waals surface area (Å²) < 4.78 is 11.7. The Labute approximate surface area is 302 Å². The Hall–Kier alpha value is -4.79. The van der Waals surface area contributed by atoms with E-state index in [1.54, 1.807) is 11.0 Å². The molecule has 2 atom stereocenters. The molecule has 2 N–H and O–H groups in total. The van der Waals surface area contributed by atoms with Crippen LogP contribution >= 0.6 is 0 Å². The topological polar surface area (TPSA) is 97.0 Å². The van der Waals surface area contributed by atoms with Gasteiger partial charge in [0.05, 0.1) is 24.8 Å². The lowest BCUT2D eigenvalue weighted by molar-refractivity contribution is -0.128. The smallest absolute Gasteiger partial charge is 0.339 e. The van der Waals surface area contributed by atoms with Gasteiger partial charge in [-0.25, -0.2) is 4.79 Å². The van der Waals surface area contributed by atoms with Crippen molar-refractivity contribution in [2.75, 3.05) is 11.4 Å². The number of fused-ring (bicyclic) bond motifs is 1. The van der Waals surface area contributed by atoms with Gasteiger partial charge in [0, 0.05) is 24.2 Å². The van der Waals surface area contributed by atoms with Crippen LogP contribution in [0.2, 0.25) is 0 Å². The summed E-state index contributed by atoms with van der Waals surface area (Å²) in [6, 6.07) is 32.6. The van der Waals surface area contributed by atoms with Crippen molar-refractivity contribution in [3.63, 3.8) is 0 Å². The highest BCUT2D eigenvalue weighted by molar-refractivity contribution is 6.00. The van der Waals surface area contributed by atoms with Gasteiger partial charge in [-0.15, -0.1) is 0 Å². The molecule has 0 bridgehead atoms. The molecule has 0 aromatic heterocycles. The first kappa shape index (κ1) is 37.5. The second-order valence-corrected chi connectivity index (χ2v) is 15.0. The number of carbonyl (C=O) groups is 3. The number of amides is 2. The Morgan fingerprint density at radius 1 is 0.843 bits per heavy atom. The Morgan fingerprint density at radius 2 is 1.51 bits per heavy atom. The minimum Gasteiger partial charge on any atom is -0.456 e. The van der Waals surface area contributed by atoms with Gasteiger partial charge in [0.25, 0.3) is 0 Å². The van der Waals surface area contributed by atoms with Crippen LogP contribution in [0.3, 0.4) is 0 Å². The third-order valence-corrected chi connectivity index (χ3v) is 8.88. The predicted molar refractivity (Wildman–Crippen MR) is 202 cm³/mol. The van der Waals surface area contributed by atoms with Crippen LogP contribution in [0.4, 0.5) is 5.69 Å². The minimum atomic E-state index is -0.659. The van der Waals surface area contributed by atoms with E-state index in [0.29, 0.717) is 38.1 Å². The normalized spacial score (nSPS) is 15.5. The minimum absolute atomic E-state index is 0.0446. The highest BCUT2D eigenvalue weighted by Crippen LogP contribution is 2.30. The third kappa shape index (κ3) is 10.6. The van der Waals surface area contributed by atoms with Crippen molar-refractivity contribution in [2.24, 2.45) is 0 Å². The van der Waals surface area contributed by atoms with E-state index in [9.17, 15) is 14.4 Å². The molecule has 4 aromatic rings. The maximum Gasteiger partial charge on any atom is 0.339 e. The molecule has 8 heteroatoms. The highest BCUT2D eigenvalue weighted by Gasteiger charge is 2.33. The summed E-state index contributed by atoms with van der Waals surface area (Å²) >= 11 is 0. The Bertz CT molecular complexity index is 1800. The first-order valence-corrected chi connectivity index (χ1v) is 17.8. The van der Waals surface area contributed by atoms with Gasteiger partial charge in [-0.3, -0.25) is 9.59 Å². The monoisotopic (exact) mass is 689 g/mol. The number of carbonyl (C=O) groups excluding carboxylic acids is 3. The van der Waals surface area contributed by atoms with E-state index >= 15 is 0 Å². The van der Waals surface area contributed by atoms with E-state index in [-0.39, 0.29) is 30.3 Å². The summed E-state index contributed by atoms with van der Waals surface area (Å²) in [6.07, 6.45) is 1.34. The summed E-state index contributed by atoms with van der Waals surface area (Å²) in [5, 5.41) is 6.54. The molecule has 51 heavy (non-hydrogen) atoms. The summed E-state index contributed by atoms with van der Waals surface area (Å²) in [7, 11) is 0. The van der Waals surface area contributed by atoms with Crippen molar-refractivity contribution in [1.29, 1.82) is 0 Å². The summed E-state index contributed by atoms with van der Waals surface area (Å²) in [5.41, 5.74) is 5.01. The number of nitrogens with zero attached hydrogens (tertiary/aromatic N) is 1. The van der Waals surface area contributed by atoms with Crippen molar-refractivity contribution in [1.82, 2.24) is 10.6 Å². The van der Waals surface area contributed by atoms with Crippen LogP contribution in [0.15, 0.2) is 103 Å². The number of benzene rings is 4. The van der Waals surface area contributed by atoms with E-state index in [4.69, 9.17) is 9.47 Å². The van der Waals surface area contributed by atoms with Crippen molar-refractivity contribution >= 4 is 23.5 Å². The van der Waals surface area contributed by atoms with Crippen molar-refractivity contribution in [3.05, 3.63) is 125 Å². The molecule has 1 aliphatic heterocycles. The average Bonchev–Trinajstić information content (AvgIpc) is 3.22. The van der Waals surface area contributed by atoms with Gasteiger partial charge in [-0.1, -0.05) is 91.0 Å². The van der Waals surface area contributed by atoms with Crippen LogP contribution in [0.1, 0.15) is 81.4 Å². The molecule has 0 aliphatic carbocycles. The van der Waals surface area contributed by atoms with Crippen molar-refractivity contribution in [3.8, 4) is 11.1 Å². The molecular weight excluding hydrogens is 638 g/mol. The zero-order valence-corrected chi connectivity index (χ0v) is 30.7. The summed E-state index contributed by atoms with van der Waals surface area (Å²) in [6.45, 7) is 13.0. The van der Waals surface area contributed by atoms with Gasteiger partial charge in [0.1, 0.15) is 11.6 Å². The Balaban J connectivity index is 1.24. The molecule has 268 valence electrons. The largest absolute Gasteiger partial charge is 0.456 e. The Kier molecular flexibility index (Phi) is 12.1. The first-order valence-electron chi connectivity index (χ1n) is 17.8. The average molecular weight is 690 g/mol. The van der Waals surface area contributed by atoms with Crippen LogP contribution in [-0.2, 0) is 38.6 Å². The van der Waals surface area contributed by atoms with E-state index in [0.717, 1.165) is 33.5 Å². The molecule has 0 spiro atoms. The molecule has 0 radical (unpaired) electrons. The molecule has 1 aliphatic rings. The second-order valence-electron chi connectivity index (χ2n) is 15.0. The number of hydrogen-bond donors (Lipinski definition) is 2. The van der Waals surface area contributed by atoms with Gasteiger partial charge in [-0.2, -0.15) is 0 Å². The molecular formula is C43H51N3O5. The molecule has 0 unspecified atom stereocenters. The predicted octanol–water partition coefficient (Wildman–Crippen LogP) is 7.64. The van der Waals surface area contributed by atoms with Gasteiger partial charge >= 0.3 is 5.97 Å². The number of anilines is 1. The summed E-state index contributed by atoms with van der Waals surface area (Å²) in [4.78, 5) is 42.3. The van der Waals surface area contributed by atoms with E-state index in [1.165, 1.54) is 0 Å². The van der Waals surface area contributed by atoms with Gasteiger partial charge in [0.2, 0.25) is 11.8 Å². The SMILES string of the molecule is C[C@H](CNC(C)(C)CC(=O)N[C@@H]1CCc2ccccc2N(Cc2ccc(-c3ccccc3C(=O)OC(C)(C)C)cc2)C1=O)OCc1ccccc1. The third-order valence-electron chi connectivity index (χ3n) is 8.88. The second kappa shape index (κ2) is 16.5. The molecule has 2 amide bonds. The van der Waals surface area contributed by atoms with Crippen LogP contribution in [0.5, 0.6) is 0 Å². The number of aryl methyl sites for hydroxylation is 1. The fraction of sp³-hybridized carbons (Fsp3) is 0.372. The quantitative estimate of drug-likeness (QED) is 0.140.